The number of aliphatic hydroxyl groups is 2. The number of aliphatic hydroxyl groups excluding tert-OH is 2. The number of imidazole rings is 1. The van der Waals surface area contributed by atoms with Gasteiger partial charge in [0.2, 0.25) is 5.82 Å². The van der Waals surface area contributed by atoms with Crippen LogP contribution in [0.3, 0.4) is 0 Å². The molecule has 144 valence electrons. The Morgan fingerprint density at radius 2 is 2.21 bits per heavy atom. The summed E-state index contributed by atoms with van der Waals surface area (Å²) in [5.74, 6) is 7.14. The molecule has 2 aromatic heterocycles. The molecule has 9 heteroatoms. The lowest BCUT2D eigenvalue weighted by Crippen LogP contribution is -2.27. The molecule has 3 aromatic rings. The fourth-order valence-corrected chi connectivity index (χ4v) is 4.79. The quantitative estimate of drug-likeness (QED) is 0.515. The number of aromatic nitrogens is 4. The summed E-state index contributed by atoms with van der Waals surface area (Å²) in [4.78, 5) is 13.5. The SMILES string of the molecule is CC#Cc1nc(NCc2cccc(Br)c2)c2ncn([C@@H]3SC[C@@H](O)[C@H]3O)c2n1. The Balaban J connectivity index is 1.72. The third-order valence-electron chi connectivity index (χ3n) is 4.41. The van der Waals surface area contributed by atoms with E-state index in [1.54, 1.807) is 17.8 Å². The fourth-order valence-electron chi connectivity index (χ4n) is 3.06. The number of hydrogen-bond donors (Lipinski definition) is 3. The van der Waals surface area contributed by atoms with Crippen molar-refractivity contribution >= 4 is 44.7 Å². The van der Waals surface area contributed by atoms with Crippen molar-refractivity contribution in [2.24, 2.45) is 0 Å². The molecule has 0 amide bonds. The monoisotopic (exact) mass is 459 g/mol. The molecule has 3 N–H and O–H groups in total. The third kappa shape index (κ3) is 3.73. The third-order valence-corrected chi connectivity index (χ3v) is 6.28. The molecule has 4 rings (SSSR count). The van der Waals surface area contributed by atoms with Crippen molar-refractivity contribution in [1.82, 2.24) is 19.5 Å². The molecule has 1 aliphatic heterocycles. The summed E-state index contributed by atoms with van der Waals surface area (Å²) in [6.07, 6.45) is -0.0133. The predicted octanol–water partition coefficient (Wildman–Crippen LogP) is 2.54. The van der Waals surface area contributed by atoms with E-state index in [1.807, 2.05) is 24.3 Å². The minimum Gasteiger partial charge on any atom is -0.389 e. The van der Waals surface area contributed by atoms with Gasteiger partial charge in [-0.1, -0.05) is 34.0 Å². The molecule has 0 aliphatic carbocycles. The average molecular weight is 460 g/mol. The molecule has 1 fully saturated rings. The number of fused-ring (bicyclic) bond motifs is 1. The summed E-state index contributed by atoms with van der Waals surface area (Å²) >= 11 is 4.95. The van der Waals surface area contributed by atoms with Crippen molar-refractivity contribution in [3.63, 3.8) is 0 Å². The summed E-state index contributed by atoms with van der Waals surface area (Å²) < 4.78 is 2.79. The minimum absolute atomic E-state index is 0.352. The normalized spacial score (nSPS) is 21.5. The van der Waals surface area contributed by atoms with Crippen molar-refractivity contribution in [3.8, 4) is 11.8 Å². The van der Waals surface area contributed by atoms with Crippen LogP contribution >= 0.6 is 27.7 Å². The summed E-state index contributed by atoms with van der Waals surface area (Å²) in [7, 11) is 0. The maximum atomic E-state index is 10.3. The van der Waals surface area contributed by atoms with Crippen LogP contribution in [0, 0.1) is 11.8 Å². The van der Waals surface area contributed by atoms with Gasteiger partial charge in [0, 0.05) is 16.8 Å². The minimum atomic E-state index is -0.879. The zero-order valence-electron chi connectivity index (χ0n) is 15.0. The highest BCUT2D eigenvalue weighted by atomic mass is 79.9. The lowest BCUT2D eigenvalue weighted by Gasteiger charge is -2.17. The van der Waals surface area contributed by atoms with Gasteiger partial charge in [0.25, 0.3) is 0 Å². The highest BCUT2D eigenvalue weighted by Gasteiger charge is 2.36. The molecule has 3 atom stereocenters. The highest BCUT2D eigenvalue weighted by Crippen LogP contribution is 2.38. The van der Waals surface area contributed by atoms with Crippen molar-refractivity contribution in [2.75, 3.05) is 11.1 Å². The molecule has 0 saturated carbocycles. The van der Waals surface area contributed by atoms with Gasteiger partial charge in [-0.2, -0.15) is 0 Å². The fraction of sp³-hybridized carbons (Fsp3) is 0.316. The average Bonchev–Trinajstić information content (AvgIpc) is 3.24. The van der Waals surface area contributed by atoms with E-state index >= 15 is 0 Å². The van der Waals surface area contributed by atoms with Gasteiger partial charge in [0.1, 0.15) is 11.5 Å². The molecule has 0 bridgehead atoms. The Hall–Kier alpha value is -2.12. The van der Waals surface area contributed by atoms with E-state index in [0.717, 1.165) is 10.0 Å². The Labute approximate surface area is 174 Å². The van der Waals surface area contributed by atoms with Crippen LogP contribution < -0.4 is 5.32 Å². The molecule has 0 unspecified atom stereocenters. The number of anilines is 1. The molecule has 1 aromatic carbocycles. The summed E-state index contributed by atoms with van der Waals surface area (Å²) in [5, 5.41) is 23.2. The van der Waals surface area contributed by atoms with Crippen LogP contribution in [0.2, 0.25) is 0 Å². The Kier molecular flexibility index (Phi) is 5.55. The van der Waals surface area contributed by atoms with E-state index in [-0.39, 0.29) is 5.37 Å². The maximum absolute atomic E-state index is 10.3. The second kappa shape index (κ2) is 8.09. The molecule has 28 heavy (non-hydrogen) atoms. The van der Waals surface area contributed by atoms with Crippen LogP contribution in [-0.2, 0) is 6.54 Å². The topological polar surface area (TPSA) is 96.1 Å². The van der Waals surface area contributed by atoms with Gasteiger partial charge >= 0.3 is 0 Å². The largest absolute Gasteiger partial charge is 0.389 e. The number of halogens is 1. The van der Waals surface area contributed by atoms with Gasteiger partial charge in [0.15, 0.2) is 17.0 Å². The number of benzene rings is 1. The Bertz CT molecular complexity index is 1080. The van der Waals surface area contributed by atoms with Crippen LogP contribution in [0.4, 0.5) is 5.82 Å². The zero-order valence-corrected chi connectivity index (χ0v) is 17.4. The smallest absolute Gasteiger partial charge is 0.208 e. The van der Waals surface area contributed by atoms with Crippen LogP contribution in [0.15, 0.2) is 35.1 Å². The van der Waals surface area contributed by atoms with E-state index < -0.39 is 12.2 Å². The number of hydrogen-bond acceptors (Lipinski definition) is 7. The Morgan fingerprint density at radius 3 is 2.93 bits per heavy atom. The van der Waals surface area contributed by atoms with Gasteiger partial charge in [-0.3, -0.25) is 4.57 Å². The zero-order chi connectivity index (χ0) is 19.7. The molecular weight excluding hydrogens is 442 g/mol. The van der Waals surface area contributed by atoms with Crippen LogP contribution in [0.5, 0.6) is 0 Å². The second-order valence-electron chi connectivity index (χ2n) is 6.36. The number of nitrogens with zero attached hydrogens (tertiary/aromatic N) is 4. The van der Waals surface area contributed by atoms with Crippen LogP contribution in [0.25, 0.3) is 11.2 Å². The first-order valence-corrected chi connectivity index (χ1v) is 10.5. The van der Waals surface area contributed by atoms with Gasteiger partial charge in [-0.15, -0.1) is 11.8 Å². The molecule has 1 saturated heterocycles. The predicted molar refractivity (Wildman–Crippen MR) is 113 cm³/mol. The Morgan fingerprint density at radius 1 is 1.36 bits per heavy atom. The standard InChI is InChI=1S/C19H18BrN5O2S/c1-2-4-14-23-17(21-8-11-5-3-6-12(20)7-11)15-18(24-14)25(10-22-15)19-16(27)13(26)9-28-19/h3,5-7,10,13,16,19,26-27H,8-9H2,1H3,(H,21,23,24)/t13-,16-,19-/m1/s1. The maximum Gasteiger partial charge on any atom is 0.208 e. The lowest BCUT2D eigenvalue weighted by atomic mass is 10.2. The van der Waals surface area contributed by atoms with Gasteiger partial charge in [-0.05, 0) is 30.5 Å². The van der Waals surface area contributed by atoms with Gasteiger partial charge in [-0.25, -0.2) is 15.0 Å². The number of nitrogens with one attached hydrogen (secondary N) is 1. The summed E-state index contributed by atoms with van der Waals surface area (Å²) in [6.45, 7) is 2.29. The van der Waals surface area contributed by atoms with Crippen molar-refractivity contribution in [2.45, 2.75) is 31.1 Å². The lowest BCUT2D eigenvalue weighted by molar-refractivity contribution is 0.0313. The van der Waals surface area contributed by atoms with E-state index in [1.165, 1.54) is 11.8 Å². The summed E-state index contributed by atoms with van der Waals surface area (Å²) in [6, 6.07) is 8.00. The van der Waals surface area contributed by atoms with Crippen LogP contribution in [-0.4, -0.2) is 47.7 Å². The molecule has 7 nitrogen and oxygen atoms in total. The molecule has 0 spiro atoms. The first-order chi connectivity index (χ1) is 13.6. The van der Waals surface area contributed by atoms with E-state index in [2.05, 4.69) is 48.0 Å². The molecule has 1 aliphatic rings. The van der Waals surface area contributed by atoms with E-state index in [4.69, 9.17) is 0 Å². The van der Waals surface area contributed by atoms with Gasteiger partial charge in [0.05, 0.1) is 12.4 Å². The molecule has 0 radical (unpaired) electrons. The first kappa shape index (κ1) is 19.2. The second-order valence-corrected chi connectivity index (χ2v) is 8.43. The van der Waals surface area contributed by atoms with Crippen LogP contribution in [0.1, 0.15) is 23.7 Å². The molecular formula is C19H18BrN5O2S. The first-order valence-electron chi connectivity index (χ1n) is 8.70. The summed E-state index contributed by atoms with van der Waals surface area (Å²) in [5.41, 5.74) is 2.27. The van der Waals surface area contributed by atoms with Crippen molar-refractivity contribution in [3.05, 3.63) is 46.5 Å². The van der Waals surface area contributed by atoms with Gasteiger partial charge < -0.3 is 15.5 Å². The number of thioether (sulfide) groups is 1. The highest BCUT2D eigenvalue weighted by molar-refractivity contribution is 9.10. The number of rotatable bonds is 4. The van der Waals surface area contributed by atoms with E-state index in [9.17, 15) is 10.2 Å². The van der Waals surface area contributed by atoms with E-state index in [0.29, 0.717) is 35.1 Å². The van der Waals surface area contributed by atoms with Crippen molar-refractivity contribution < 1.29 is 10.2 Å². The molecule has 3 heterocycles. The van der Waals surface area contributed by atoms with Crippen molar-refractivity contribution in [1.29, 1.82) is 0 Å².